The van der Waals surface area contributed by atoms with E-state index in [1.165, 1.54) is 6.33 Å². The summed E-state index contributed by atoms with van der Waals surface area (Å²) in [5.74, 6) is 0.358. The molecular formula is C18H23ClN6OS. The maximum atomic E-state index is 9.43. The summed E-state index contributed by atoms with van der Waals surface area (Å²) < 4.78 is 2.02. The molecule has 4 N–H and O–H groups in total. The molecule has 1 aromatic carbocycles. The molecule has 0 saturated carbocycles. The second-order valence-corrected chi connectivity index (χ2v) is 8.40. The van der Waals surface area contributed by atoms with E-state index in [0.717, 1.165) is 15.6 Å². The predicted octanol–water partition coefficient (Wildman–Crippen LogP) is 2.88. The van der Waals surface area contributed by atoms with Gasteiger partial charge in [0.1, 0.15) is 6.33 Å². The lowest BCUT2D eigenvalue weighted by Crippen LogP contribution is -2.44. The average molecular weight is 407 g/mol. The number of anilines is 1. The van der Waals surface area contributed by atoms with Gasteiger partial charge in [0.25, 0.3) is 0 Å². The van der Waals surface area contributed by atoms with Crippen LogP contribution < -0.4 is 11.1 Å². The Balaban J connectivity index is 1.94. The van der Waals surface area contributed by atoms with E-state index in [-0.39, 0.29) is 12.1 Å². The molecule has 144 valence electrons. The highest BCUT2D eigenvalue weighted by Crippen LogP contribution is 2.33. The zero-order valence-corrected chi connectivity index (χ0v) is 17.1. The van der Waals surface area contributed by atoms with Crippen LogP contribution in [-0.2, 0) is 6.54 Å². The highest BCUT2D eigenvalue weighted by Gasteiger charge is 2.19. The van der Waals surface area contributed by atoms with Gasteiger partial charge in [-0.05, 0) is 44.5 Å². The highest BCUT2D eigenvalue weighted by atomic mass is 35.5. The number of nitrogens with one attached hydrogen (secondary N) is 1. The zero-order valence-electron chi connectivity index (χ0n) is 15.5. The van der Waals surface area contributed by atoms with Gasteiger partial charge in [-0.3, -0.25) is 0 Å². The third kappa shape index (κ3) is 4.52. The van der Waals surface area contributed by atoms with Gasteiger partial charge in [0.2, 0.25) is 0 Å². The summed E-state index contributed by atoms with van der Waals surface area (Å²) in [7, 11) is 0. The molecule has 0 bridgehead atoms. The maximum Gasteiger partial charge on any atom is 0.175 e. The molecule has 0 unspecified atom stereocenters. The Labute approximate surface area is 167 Å². The molecule has 0 amide bonds. The Morgan fingerprint density at radius 1 is 1.33 bits per heavy atom. The lowest BCUT2D eigenvalue weighted by molar-refractivity contribution is 0.187. The van der Waals surface area contributed by atoms with Crippen molar-refractivity contribution in [2.24, 2.45) is 0 Å². The topological polar surface area (TPSA) is 102 Å². The summed E-state index contributed by atoms with van der Waals surface area (Å²) in [4.78, 5) is 14.2. The summed E-state index contributed by atoms with van der Waals surface area (Å²) in [5.41, 5.74) is 8.00. The van der Waals surface area contributed by atoms with Crippen LogP contribution in [0.1, 0.15) is 19.4 Å². The minimum absolute atomic E-state index is 0.0539. The lowest BCUT2D eigenvalue weighted by Gasteiger charge is -2.23. The van der Waals surface area contributed by atoms with Crippen molar-refractivity contribution in [1.29, 1.82) is 0 Å². The van der Waals surface area contributed by atoms with Crippen molar-refractivity contribution in [3.63, 3.8) is 0 Å². The summed E-state index contributed by atoms with van der Waals surface area (Å²) >= 11 is 7.61. The molecule has 0 radical (unpaired) electrons. The fraction of sp³-hybridized carbons (Fsp3) is 0.389. The molecule has 0 saturated heterocycles. The van der Waals surface area contributed by atoms with E-state index in [1.807, 2.05) is 43.5 Å². The predicted molar refractivity (Wildman–Crippen MR) is 109 cm³/mol. The summed E-state index contributed by atoms with van der Waals surface area (Å²) in [6.07, 6.45) is 1.45. The molecule has 27 heavy (non-hydrogen) atoms. The van der Waals surface area contributed by atoms with Gasteiger partial charge in [0.05, 0.1) is 6.61 Å². The number of rotatable bonds is 7. The number of nitrogens with zero attached hydrogens (tertiary/aromatic N) is 4. The van der Waals surface area contributed by atoms with Gasteiger partial charge in [0.15, 0.2) is 22.1 Å². The highest BCUT2D eigenvalue weighted by molar-refractivity contribution is 7.99. The molecular weight excluding hydrogens is 384 g/mol. The molecule has 2 aromatic heterocycles. The van der Waals surface area contributed by atoms with Crippen LogP contribution >= 0.6 is 23.4 Å². The second kappa shape index (κ2) is 8.02. The number of benzene rings is 1. The molecule has 2 heterocycles. The van der Waals surface area contributed by atoms with Gasteiger partial charge in [-0.25, -0.2) is 15.0 Å². The number of fused-ring (bicyclic) bond motifs is 1. The van der Waals surface area contributed by atoms with Crippen molar-refractivity contribution in [1.82, 2.24) is 24.8 Å². The molecule has 9 heteroatoms. The van der Waals surface area contributed by atoms with Crippen molar-refractivity contribution in [2.75, 3.05) is 18.9 Å². The molecule has 3 rings (SSSR count). The Morgan fingerprint density at radius 2 is 2.11 bits per heavy atom. The first-order valence-corrected chi connectivity index (χ1v) is 9.77. The van der Waals surface area contributed by atoms with Crippen LogP contribution in [0.3, 0.4) is 0 Å². The number of halogens is 1. The van der Waals surface area contributed by atoms with Gasteiger partial charge >= 0.3 is 0 Å². The van der Waals surface area contributed by atoms with Crippen molar-refractivity contribution in [2.45, 2.75) is 42.9 Å². The number of aliphatic hydroxyl groups is 1. The van der Waals surface area contributed by atoms with Crippen molar-refractivity contribution in [3.05, 3.63) is 35.1 Å². The van der Waals surface area contributed by atoms with E-state index in [9.17, 15) is 5.11 Å². The smallest absolute Gasteiger partial charge is 0.175 e. The largest absolute Gasteiger partial charge is 0.394 e. The van der Waals surface area contributed by atoms with E-state index >= 15 is 0 Å². The molecule has 3 aromatic rings. The van der Waals surface area contributed by atoms with E-state index in [4.69, 9.17) is 17.3 Å². The monoisotopic (exact) mass is 406 g/mol. The van der Waals surface area contributed by atoms with Gasteiger partial charge in [0, 0.05) is 28.5 Å². The molecule has 0 aliphatic heterocycles. The maximum absolute atomic E-state index is 9.43. The summed E-state index contributed by atoms with van der Waals surface area (Å²) in [5, 5.41) is 14.3. The number of aliphatic hydroxyl groups excluding tert-OH is 1. The van der Waals surface area contributed by atoms with Crippen molar-refractivity contribution in [3.8, 4) is 0 Å². The Hall–Kier alpha value is -1.87. The zero-order chi connectivity index (χ0) is 19.6. The number of aromatic nitrogens is 4. The fourth-order valence-electron chi connectivity index (χ4n) is 2.60. The summed E-state index contributed by atoms with van der Waals surface area (Å²) in [6.45, 7) is 7.25. The van der Waals surface area contributed by atoms with Crippen molar-refractivity contribution < 1.29 is 5.11 Å². The first-order valence-electron chi connectivity index (χ1n) is 8.57. The molecule has 0 spiro atoms. The van der Waals surface area contributed by atoms with Gasteiger partial charge in [-0.15, -0.1) is 0 Å². The van der Waals surface area contributed by atoms with Gasteiger partial charge in [-0.1, -0.05) is 23.4 Å². The van der Waals surface area contributed by atoms with Crippen LogP contribution in [0.2, 0.25) is 5.02 Å². The van der Waals surface area contributed by atoms with Crippen LogP contribution in [-0.4, -0.2) is 43.3 Å². The number of nitrogens with two attached hydrogens (primary N) is 1. The van der Waals surface area contributed by atoms with E-state index in [1.54, 1.807) is 11.8 Å². The van der Waals surface area contributed by atoms with Crippen LogP contribution in [0, 0.1) is 6.92 Å². The number of nitrogen functional groups attached to an aromatic ring is 1. The van der Waals surface area contributed by atoms with Crippen LogP contribution in [0.4, 0.5) is 5.82 Å². The SMILES string of the molecule is Cc1cc(Cl)ccc1Sc1nc2c(N)ncnc2n1CCNC(C)(C)CO. The Morgan fingerprint density at radius 3 is 2.81 bits per heavy atom. The second-order valence-electron chi connectivity index (χ2n) is 6.96. The van der Waals surface area contributed by atoms with Crippen LogP contribution in [0.15, 0.2) is 34.6 Å². The number of imidazole rings is 1. The first kappa shape index (κ1) is 19.9. The Bertz CT molecular complexity index is 958. The third-order valence-electron chi connectivity index (χ3n) is 4.20. The third-order valence-corrected chi connectivity index (χ3v) is 5.61. The normalized spacial score (nSPS) is 12.0. The molecule has 0 aliphatic rings. The van der Waals surface area contributed by atoms with Gasteiger partial charge in [-0.2, -0.15) is 0 Å². The lowest BCUT2D eigenvalue weighted by atomic mass is 10.1. The molecule has 0 aliphatic carbocycles. The summed E-state index contributed by atoms with van der Waals surface area (Å²) in [6, 6.07) is 5.77. The molecule has 0 atom stereocenters. The first-order chi connectivity index (χ1) is 12.8. The number of hydrogen-bond donors (Lipinski definition) is 3. The Kier molecular flexibility index (Phi) is 5.90. The standard InChI is InChI=1S/C18H23ClN6OS/c1-11-8-12(19)4-5-13(11)27-17-24-14-15(20)21-10-22-16(14)25(17)7-6-23-18(2,3)9-26/h4-5,8,10,23,26H,6-7,9H2,1-3H3,(H2,20,21,22). The quantitative estimate of drug-likeness (QED) is 0.554. The number of hydrogen-bond acceptors (Lipinski definition) is 7. The molecule has 7 nitrogen and oxygen atoms in total. The van der Waals surface area contributed by atoms with E-state index in [0.29, 0.717) is 35.1 Å². The van der Waals surface area contributed by atoms with Crippen molar-refractivity contribution >= 4 is 40.3 Å². The van der Waals surface area contributed by atoms with Gasteiger partial charge < -0.3 is 20.7 Å². The van der Waals surface area contributed by atoms with E-state index < -0.39 is 0 Å². The average Bonchev–Trinajstić information content (AvgIpc) is 2.96. The fourth-order valence-corrected chi connectivity index (χ4v) is 3.81. The minimum atomic E-state index is -0.357. The number of aryl methyl sites for hydroxylation is 1. The van der Waals surface area contributed by atoms with E-state index in [2.05, 4.69) is 20.3 Å². The van der Waals surface area contributed by atoms with Crippen LogP contribution in [0.5, 0.6) is 0 Å². The molecule has 0 fully saturated rings. The van der Waals surface area contributed by atoms with Crippen LogP contribution in [0.25, 0.3) is 11.2 Å². The minimum Gasteiger partial charge on any atom is -0.394 e.